The highest BCUT2D eigenvalue weighted by molar-refractivity contribution is 5.95. The summed E-state index contributed by atoms with van der Waals surface area (Å²) in [5.74, 6) is 0.477. The molecule has 140 valence electrons. The molecular weight excluding hydrogens is 355 g/mol. The molecule has 1 aliphatic carbocycles. The first-order chi connectivity index (χ1) is 13.6. The summed E-state index contributed by atoms with van der Waals surface area (Å²) in [4.78, 5) is 12.0. The predicted molar refractivity (Wildman–Crippen MR) is 107 cm³/mol. The minimum absolute atomic E-state index is 0.0729. The van der Waals surface area contributed by atoms with Gasteiger partial charge in [0.25, 0.3) is 0 Å². The highest BCUT2D eigenvalue weighted by atomic mass is 19.1. The van der Waals surface area contributed by atoms with Gasteiger partial charge >= 0.3 is 0 Å². The van der Waals surface area contributed by atoms with Gasteiger partial charge < -0.3 is 15.8 Å². The normalized spacial score (nSPS) is 13.9. The number of fused-ring (bicyclic) bond motifs is 1. The van der Waals surface area contributed by atoms with Crippen LogP contribution < -0.4 is 5.73 Å². The zero-order valence-electron chi connectivity index (χ0n) is 15.1. The fourth-order valence-corrected chi connectivity index (χ4v) is 3.66. The largest absolute Gasteiger partial charge is 0.392 e. The van der Waals surface area contributed by atoms with E-state index in [1.54, 1.807) is 12.1 Å². The van der Waals surface area contributed by atoms with Crippen LogP contribution in [0.2, 0.25) is 0 Å². The molecule has 0 atom stereocenters. The topological polar surface area (TPSA) is 87.8 Å². The first-order valence-electron chi connectivity index (χ1n) is 9.28. The second-order valence-electron chi connectivity index (χ2n) is 7.23. The lowest BCUT2D eigenvalue weighted by molar-refractivity contribution is 0.282. The van der Waals surface area contributed by atoms with E-state index < -0.39 is 0 Å². The number of nitrogens with zero attached hydrogens (tertiary/aromatic N) is 2. The molecule has 0 spiro atoms. The highest BCUT2D eigenvalue weighted by Crippen LogP contribution is 2.42. The zero-order valence-corrected chi connectivity index (χ0v) is 15.1. The Kier molecular flexibility index (Phi) is 3.87. The maximum absolute atomic E-state index is 13.2. The fourth-order valence-electron chi connectivity index (χ4n) is 3.66. The number of nitrogen functional groups attached to an aromatic ring is 1. The predicted octanol–water partition coefficient (Wildman–Crippen LogP) is 4.38. The maximum Gasteiger partial charge on any atom is 0.222 e. The average Bonchev–Trinajstić information content (AvgIpc) is 3.47. The van der Waals surface area contributed by atoms with Gasteiger partial charge in [-0.3, -0.25) is 0 Å². The fraction of sp³-hybridized carbons (Fsp3) is 0.182. The lowest BCUT2D eigenvalue weighted by Crippen LogP contribution is -2.00. The average molecular weight is 374 g/mol. The molecule has 2 aromatic carbocycles. The van der Waals surface area contributed by atoms with Crippen LogP contribution in [0.25, 0.3) is 33.5 Å². The SMILES string of the molecule is Nc1nc(-c2ccc(C3CC3)cc2CO)c2cc(-c3ccc(F)cc3)[nH]c2n1. The summed E-state index contributed by atoms with van der Waals surface area (Å²) in [5.41, 5.74) is 11.8. The molecule has 0 aliphatic heterocycles. The molecule has 4 aromatic rings. The van der Waals surface area contributed by atoms with Crippen molar-refractivity contribution in [3.05, 3.63) is 65.5 Å². The first-order valence-corrected chi connectivity index (χ1v) is 9.28. The summed E-state index contributed by atoms with van der Waals surface area (Å²) in [5, 5.41) is 10.7. The summed E-state index contributed by atoms with van der Waals surface area (Å²) >= 11 is 0. The van der Waals surface area contributed by atoms with Crippen molar-refractivity contribution >= 4 is 17.0 Å². The molecule has 5 nitrogen and oxygen atoms in total. The molecule has 2 aromatic heterocycles. The second kappa shape index (κ2) is 6.42. The van der Waals surface area contributed by atoms with E-state index in [-0.39, 0.29) is 18.4 Å². The standard InChI is InChI=1S/C22H19FN4O/c23-16-6-3-13(4-7-16)19-10-18-20(26-22(24)27-21(18)25-19)17-8-5-14(12-1-2-12)9-15(17)11-28/h3-10,12,28H,1-2,11H2,(H3,24,25,26,27). The van der Waals surface area contributed by atoms with Crippen LogP contribution in [-0.4, -0.2) is 20.1 Å². The Hall–Kier alpha value is -3.25. The van der Waals surface area contributed by atoms with Gasteiger partial charge in [-0.05, 0) is 65.8 Å². The van der Waals surface area contributed by atoms with E-state index in [1.807, 2.05) is 12.1 Å². The molecule has 4 N–H and O–H groups in total. The third-order valence-corrected chi connectivity index (χ3v) is 5.26. The molecule has 0 unspecified atom stereocenters. The molecule has 1 aliphatic rings. The number of anilines is 1. The van der Waals surface area contributed by atoms with Crippen molar-refractivity contribution in [3.63, 3.8) is 0 Å². The Bertz CT molecular complexity index is 1180. The van der Waals surface area contributed by atoms with Gasteiger partial charge in [0, 0.05) is 16.6 Å². The van der Waals surface area contributed by atoms with Gasteiger partial charge in [0.1, 0.15) is 11.5 Å². The molecule has 0 amide bonds. The smallest absolute Gasteiger partial charge is 0.222 e. The Balaban J connectivity index is 1.68. The number of benzene rings is 2. The van der Waals surface area contributed by atoms with Gasteiger partial charge in [0.05, 0.1) is 12.3 Å². The quantitative estimate of drug-likeness (QED) is 0.495. The summed E-state index contributed by atoms with van der Waals surface area (Å²) < 4.78 is 13.2. The number of aromatic nitrogens is 3. The van der Waals surface area contributed by atoms with E-state index in [9.17, 15) is 9.50 Å². The molecule has 6 heteroatoms. The van der Waals surface area contributed by atoms with Crippen molar-refractivity contribution < 1.29 is 9.50 Å². The van der Waals surface area contributed by atoms with Gasteiger partial charge in [-0.1, -0.05) is 18.2 Å². The van der Waals surface area contributed by atoms with E-state index >= 15 is 0 Å². The molecule has 1 saturated carbocycles. The van der Waals surface area contributed by atoms with E-state index in [2.05, 4.69) is 27.1 Å². The van der Waals surface area contributed by atoms with Crippen LogP contribution in [0.15, 0.2) is 48.5 Å². The molecule has 0 bridgehead atoms. The van der Waals surface area contributed by atoms with Gasteiger partial charge in [0.2, 0.25) is 5.95 Å². The van der Waals surface area contributed by atoms with Crippen LogP contribution in [0.5, 0.6) is 0 Å². The van der Waals surface area contributed by atoms with E-state index in [0.29, 0.717) is 17.3 Å². The number of hydrogen-bond donors (Lipinski definition) is 3. The number of aliphatic hydroxyl groups excluding tert-OH is 1. The van der Waals surface area contributed by atoms with E-state index in [0.717, 1.165) is 27.8 Å². The lowest BCUT2D eigenvalue weighted by Gasteiger charge is -2.11. The lowest BCUT2D eigenvalue weighted by atomic mass is 9.98. The number of halogens is 1. The molecular formula is C22H19FN4O. The molecule has 5 rings (SSSR count). The highest BCUT2D eigenvalue weighted by Gasteiger charge is 2.24. The number of aliphatic hydroxyl groups is 1. The van der Waals surface area contributed by atoms with Gasteiger partial charge in [0.15, 0.2) is 0 Å². The molecule has 2 heterocycles. The second-order valence-corrected chi connectivity index (χ2v) is 7.23. The number of aromatic amines is 1. The van der Waals surface area contributed by atoms with E-state index in [1.165, 1.54) is 30.5 Å². The van der Waals surface area contributed by atoms with Crippen molar-refractivity contribution in [2.75, 3.05) is 5.73 Å². The number of H-pyrrole nitrogens is 1. The van der Waals surface area contributed by atoms with Crippen molar-refractivity contribution in [2.24, 2.45) is 0 Å². The Morgan fingerprint density at radius 1 is 1.07 bits per heavy atom. The van der Waals surface area contributed by atoms with Gasteiger partial charge in [-0.2, -0.15) is 4.98 Å². The third kappa shape index (κ3) is 2.92. The molecule has 1 fully saturated rings. The molecule has 0 radical (unpaired) electrons. The van der Waals surface area contributed by atoms with Crippen molar-refractivity contribution in [1.29, 1.82) is 0 Å². The summed E-state index contributed by atoms with van der Waals surface area (Å²) in [6.45, 7) is -0.0729. The molecule has 28 heavy (non-hydrogen) atoms. The van der Waals surface area contributed by atoms with Crippen LogP contribution in [0.3, 0.4) is 0 Å². The minimum atomic E-state index is -0.284. The monoisotopic (exact) mass is 374 g/mol. The van der Waals surface area contributed by atoms with Crippen LogP contribution in [-0.2, 0) is 6.61 Å². The number of rotatable bonds is 4. The first kappa shape index (κ1) is 16.9. The Morgan fingerprint density at radius 2 is 1.86 bits per heavy atom. The van der Waals surface area contributed by atoms with Crippen LogP contribution in [0.4, 0.5) is 10.3 Å². The van der Waals surface area contributed by atoms with Gasteiger partial charge in [-0.25, -0.2) is 9.37 Å². The Morgan fingerprint density at radius 3 is 2.57 bits per heavy atom. The number of hydrogen-bond acceptors (Lipinski definition) is 4. The Labute approximate surface area is 161 Å². The molecule has 0 saturated heterocycles. The summed E-state index contributed by atoms with van der Waals surface area (Å²) in [7, 11) is 0. The van der Waals surface area contributed by atoms with Crippen LogP contribution >= 0.6 is 0 Å². The summed E-state index contributed by atoms with van der Waals surface area (Å²) in [6.07, 6.45) is 2.40. The third-order valence-electron chi connectivity index (χ3n) is 5.26. The number of nitrogens with two attached hydrogens (primary N) is 1. The van der Waals surface area contributed by atoms with Crippen molar-refractivity contribution in [2.45, 2.75) is 25.4 Å². The van der Waals surface area contributed by atoms with E-state index in [4.69, 9.17) is 5.73 Å². The zero-order chi connectivity index (χ0) is 19.3. The summed E-state index contributed by atoms with van der Waals surface area (Å²) in [6, 6.07) is 14.4. The van der Waals surface area contributed by atoms with Crippen LogP contribution in [0, 0.1) is 5.82 Å². The number of nitrogens with one attached hydrogen (secondary N) is 1. The van der Waals surface area contributed by atoms with Crippen LogP contribution in [0.1, 0.15) is 29.9 Å². The van der Waals surface area contributed by atoms with Gasteiger partial charge in [-0.15, -0.1) is 0 Å². The maximum atomic E-state index is 13.2. The van der Waals surface area contributed by atoms with Crippen molar-refractivity contribution in [1.82, 2.24) is 15.0 Å². The minimum Gasteiger partial charge on any atom is -0.392 e. The van der Waals surface area contributed by atoms with Crippen molar-refractivity contribution in [3.8, 4) is 22.5 Å².